The lowest BCUT2D eigenvalue weighted by molar-refractivity contribution is 0.267. The van der Waals surface area contributed by atoms with E-state index in [2.05, 4.69) is 0 Å². The number of nitrogens with two attached hydrogens (primary N) is 1. The fraction of sp³-hybridized carbons (Fsp3) is 0.400. The molecule has 1 rings (SSSR count). The van der Waals surface area contributed by atoms with Crippen LogP contribution in [0.4, 0.5) is 4.79 Å². The van der Waals surface area contributed by atoms with Gasteiger partial charge in [0.25, 0.3) is 5.24 Å². The summed E-state index contributed by atoms with van der Waals surface area (Å²) < 4.78 is 21.5. The lowest BCUT2D eigenvalue weighted by atomic mass is 10.5. The van der Waals surface area contributed by atoms with Gasteiger partial charge in [0.05, 0.1) is 5.75 Å². The van der Waals surface area contributed by atoms with Crippen LogP contribution in [0.25, 0.3) is 0 Å². The zero-order chi connectivity index (χ0) is 8.48. The van der Waals surface area contributed by atoms with Crippen LogP contribution >= 0.6 is 11.8 Å². The minimum atomic E-state index is -3.05. The SMILES string of the molecule is NC(=O)S[C@@H]1C=CS(=O)(=O)C1. The van der Waals surface area contributed by atoms with Gasteiger partial charge in [-0.3, -0.25) is 4.79 Å². The van der Waals surface area contributed by atoms with Gasteiger partial charge in [-0.2, -0.15) is 0 Å². The number of sulfone groups is 1. The van der Waals surface area contributed by atoms with Crippen LogP contribution in [0, 0.1) is 0 Å². The van der Waals surface area contributed by atoms with Crippen molar-refractivity contribution < 1.29 is 13.2 Å². The zero-order valence-electron chi connectivity index (χ0n) is 5.56. The minimum absolute atomic E-state index is 0.0133. The highest BCUT2D eigenvalue weighted by atomic mass is 32.2. The van der Waals surface area contributed by atoms with Gasteiger partial charge in [0, 0.05) is 10.7 Å². The van der Waals surface area contributed by atoms with E-state index in [0.29, 0.717) is 0 Å². The molecule has 62 valence electrons. The number of hydrogen-bond donors (Lipinski definition) is 1. The Morgan fingerprint density at radius 1 is 1.64 bits per heavy atom. The lowest BCUT2D eigenvalue weighted by Gasteiger charge is -1.99. The van der Waals surface area contributed by atoms with Gasteiger partial charge in [-0.05, 0) is 0 Å². The molecule has 6 heteroatoms. The molecule has 0 aromatic carbocycles. The average molecular weight is 193 g/mol. The molecule has 0 saturated heterocycles. The van der Waals surface area contributed by atoms with E-state index in [1.807, 2.05) is 0 Å². The zero-order valence-corrected chi connectivity index (χ0v) is 7.19. The second kappa shape index (κ2) is 2.86. The molecule has 1 aliphatic rings. The average Bonchev–Trinajstić information content (AvgIpc) is 2.08. The quantitative estimate of drug-likeness (QED) is 0.641. The first kappa shape index (κ1) is 8.61. The first-order valence-electron chi connectivity index (χ1n) is 2.87. The summed E-state index contributed by atoms with van der Waals surface area (Å²) in [7, 11) is -3.05. The summed E-state index contributed by atoms with van der Waals surface area (Å²) in [5.74, 6) is -0.0133. The summed E-state index contributed by atoms with van der Waals surface area (Å²) >= 11 is 0.837. The molecule has 0 fully saturated rings. The fourth-order valence-corrected chi connectivity index (χ4v) is 3.28. The van der Waals surface area contributed by atoms with Crippen LogP contribution in [0.1, 0.15) is 0 Å². The van der Waals surface area contributed by atoms with Gasteiger partial charge in [0.15, 0.2) is 9.84 Å². The molecule has 2 N–H and O–H groups in total. The second-order valence-corrected chi connectivity index (χ2v) is 5.31. The molecule has 0 aliphatic carbocycles. The normalized spacial score (nSPS) is 27.1. The number of hydrogen-bond acceptors (Lipinski definition) is 4. The molecule has 0 radical (unpaired) electrons. The summed E-state index contributed by atoms with van der Waals surface area (Å²) in [4.78, 5) is 10.3. The third-order valence-corrected chi connectivity index (χ3v) is 3.63. The van der Waals surface area contributed by atoms with Gasteiger partial charge < -0.3 is 5.73 Å². The van der Waals surface area contributed by atoms with E-state index in [9.17, 15) is 13.2 Å². The molecule has 1 amide bonds. The Bertz CT molecular complexity index is 293. The monoisotopic (exact) mass is 193 g/mol. The van der Waals surface area contributed by atoms with Crippen molar-refractivity contribution in [2.45, 2.75) is 5.25 Å². The number of primary amides is 1. The Balaban J connectivity index is 2.58. The molecular weight excluding hydrogens is 186 g/mol. The van der Waals surface area contributed by atoms with E-state index in [1.54, 1.807) is 0 Å². The van der Waals surface area contributed by atoms with E-state index in [1.165, 1.54) is 6.08 Å². The Hall–Kier alpha value is -0.490. The third-order valence-electron chi connectivity index (χ3n) is 1.16. The molecule has 1 aliphatic heterocycles. The molecule has 0 unspecified atom stereocenters. The largest absolute Gasteiger partial charge is 0.361 e. The van der Waals surface area contributed by atoms with Crippen LogP contribution in [0.15, 0.2) is 11.5 Å². The van der Waals surface area contributed by atoms with Gasteiger partial charge in [-0.15, -0.1) is 0 Å². The smallest absolute Gasteiger partial charge is 0.277 e. The maximum Gasteiger partial charge on any atom is 0.277 e. The van der Waals surface area contributed by atoms with Crippen LogP contribution in [0.3, 0.4) is 0 Å². The van der Waals surface area contributed by atoms with Crippen molar-refractivity contribution in [1.29, 1.82) is 0 Å². The molecule has 0 saturated carbocycles. The van der Waals surface area contributed by atoms with E-state index in [0.717, 1.165) is 17.2 Å². The molecule has 11 heavy (non-hydrogen) atoms. The van der Waals surface area contributed by atoms with E-state index >= 15 is 0 Å². The Labute approximate surface area is 68.8 Å². The van der Waals surface area contributed by atoms with Crippen LogP contribution in [0.2, 0.25) is 0 Å². The standard InChI is InChI=1S/C5H7NO3S2/c6-5(7)10-4-1-2-11(8,9)3-4/h1-2,4H,3H2,(H2,6,7)/t4-/m1/s1. The fourth-order valence-electron chi connectivity index (χ4n) is 0.770. The van der Waals surface area contributed by atoms with E-state index in [-0.39, 0.29) is 11.0 Å². The molecule has 0 spiro atoms. The minimum Gasteiger partial charge on any atom is -0.361 e. The van der Waals surface area contributed by atoms with Gasteiger partial charge in [-0.25, -0.2) is 8.42 Å². The van der Waals surface area contributed by atoms with Gasteiger partial charge in [-0.1, -0.05) is 17.8 Å². The van der Waals surface area contributed by atoms with Crippen molar-refractivity contribution in [3.63, 3.8) is 0 Å². The first-order chi connectivity index (χ1) is 4.99. The highest BCUT2D eigenvalue weighted by Crippen LogP contribution is 2.20. The lowest BCUT2D eigenvalue weighted by Crippen LogP contribution is -2.13. The van der Waals surface area contributed by atoms with E-state index in [4.69, 9.17) is 5.73 Å². The second-order valence-electron chi connectivity index (χ2n) is 2.13. The summed E-state index contributed by atoms with van der Waals surface area (Å²) in [6.45, 7) is 0. The number of carbonyl (C=O) groups is 1. The van der Waals surface area contributed by atoms with Gasteiger partial charge >= 0.3 is 0 Å². The number of thioether (sulfide) groups is 1. The Morgan fingerprint density at radius 3 is 2.64 bits per heavy atom. The summed E-state index contributed by atoms with van der Waals surface area (Å²) in [5, 5.41) is 0.280. The Morgan fingerprint density at radius 2 is 2.27 bits per heavy atom. The van der Waals surface area contributed by atoms with Gasteiger partial charge in [0.1, 0.15) is 0 Å². The topological polar surface area (TPSA) is 77.2 Å². The predicted octanol–water partition coefficient (Wildman–Crippen LogP) is 0.109. The Kier molecular flexibility index (Phi) is 2.24. The van der Waals surface area contributed by atoms with Crippen molar-refractivity contribution in [2.24, 2.45) is 5.73 Å². The summed E-state index contributed by atoms with van der Waals surface area (Å²) in [6.07, 6.45) is 1.48. The van der Waals surface area contributed by atoms with Crippen molar-refractivity contribution in [2.75, 3.05) is 5.75 Å². The number of rotatable bonds is 1. The molecule has 1 atom stereocenters. The highest BCUT2D eigenvalue weighted by molar-refractivity contribution is 8.15. The van der Waals surface area contributed by atoms with Crippen LogP contribution < -0.4 is 5.73 Å². The molecule has 1 heterocycles. The van der Waals surface area contributed by atoms with Crippen molar-refractivity contribution in [3.8, 4) is 0 Å². The molecule has 0 bridgehead atoms. The van der Waals surface area contributed by atoms with Crippen LogP contribution in [-0.2, 0) is 9.84 Å². The maximum atomic E-state index is 10.8. The molecule has 4 nitrogen and oxygen atoms in total. The molecule has 0 aromatic heterocycles. The highest BCUT2D eigenvalue weighted by Gasteiger charge is 2.23. The van der Waals surface area contributed by atoms with Crippen molar-refractivity contribution in [1.82, 2.24) is 0 Å². The van der Waals surface area contributed by atoms with E-state index < -0.39 is 15.1 Å². The van der Waals surface area contributed by atoms with Crippen molar-refractivity contribution >= 4 is 26.8 Å². The van der Waals surface area contributed by atoms with Crippen LogP contribution in [0.5, 0.6) is 0 Å². The van der Waals surface area contributed by atoms with Gasteiger partial charge in [0.2, 0.25) is 0 Å². The summed E-state index contributed by atoms with van der Waals surface area (Å²) in [6, 6.07) is 0. The number of carbonyl (C=O) groups excluding carboxylic acids is 1. The molecular formula is C5H7NO3S2. The van der Waals surface area contributed by atoms with Crippen molar-refractivity contribution in [3.05, 3.63) is 11.5 Å². The van der Waals surface area contributed by atoms with Crippen LogP contribution in [-0.4, -0.2) is 24.7 Å². The summed E-state index contributed by atoms with van der Waals surface area (Å²) in [5.41, 5.74) is 4.86. The molecule has 0 aromatic rings. The third kappa shape index (κ3) is 2.55. The maximum absolute atomic E-state index is 10.8. The first-order valence-corrected chi connectivity index (χ1v) is 5.46. The number of amides is 1. The predicted molar refractivity (Wildman–Crippen MR) is 43.9 cm³/mol.